The number of nitrogens with zero attached hydrogens (tertiary/aromatic N) is 1. The van der Waals surface area contributed by atoms with E-state index < -0.39 is 22.1 Å². The van der Waals surface area contributed by atoms with Crippen molar-refractivity contribution in [3.63, 3.8) is 0 Å². The summed E-state index contributed by atoms with van der Waals surface area (Å²) in [6.07, 6.45) is -1.04. The monoisotopic (exact) mass is 342 g/mol. The summed E-state index contributed by atoms with van der Waals surface area (Å²) in [6.45, 7) is 2.35. The largest absolute Gasteiger partial charge is 0.479 e. The molecule has 1 amide bonds. The summed E-state index contributed by atoms with van der Waals surface area (Å²) in [6, 6.07) is 5.52. The molecule has 1 fully saturated rings. The lowest BCUT2D eigenvalue weighted by atomic mass is 10.1. The van der Waals surface area contributed by atoms with E-state index in [4.69, 9.17) is 9.84 Å². The van der Waals surface area contributed by atoms with E-state index in [2.05, 4.69) is 4.72 Å². The molecule has 1 aliphatic rings. The Morgan fingerprint density at radius 3 is 2.57 bits per heavy atom. The number of nitrogens with one attached hydrogen (secondary N) is 1. The van der Waals surface area contributed by atoms with Crippen LogP contribution in [-0.2, 0) is 19.6 Å². The molecular formula is C14H18N2O6S. The Hall–Kier alpha value is -1.97. The molecule has 0 saturated carbocycles. The minimum Gasteiger partial charge on any atom is -0.479 e. The SMILES string of the molecule is CCNS(=O)(=O)c1ccc(C(=O)N2CCOC(C(=O)O)C2)cc1. The van der Waals surface area contributed by atoms with Crippen LogP contribution in [0.15, 0.2) is 29.2 Å². The fraction of sp³-hybridized carbons (Fsp3) is 0.429. The molecule has 126 valence electrons. The van der Waals surface area contributed by atoms with Gasteiger partial charge in [-0.1, -0.05) is 6.92 Å². The molecule has 0 radical (unpaired) electrons. The van der Waals surface area contributed by atoms with Crippen LogP contribution < -0.4 is 4.72 Å². The van der Waals surface area contributed by atoms with Crippen molar-refractivity contribution < 1.29 is 27.9 Å². The number of hydrogen-bond donors (Lipinski definition) is 2. The normalized spacial score (nSPS) is 18.7. The van der Waals surface area contributed by atoms with Crippen LogP contribution in [0.4, 0.5) is 0 Å². The lowest BCUT2D eigenvalue weighted by Crippen LogP contribution is -2.48. The topological polar surface area (TPSA) is 113 Å². The highest BCUT2D eigenvalue weighted by Crippen LogP contribution is 2.14. The molecule has 0 bridgehead atoms. The van der Waals surface area contributed by atoms with Gasteiger partial charge in [0.05, 0.1) is 18.0 Å². The fourth-order valence-corrected chi connectivity index (χ4v) is 3.26. The molecule has 1 unspecified atom stereocenters. The fourth-order valence-electron chi connectivity index (χ4n) is 2.22. The molecule has 2 rings (SSSR count). The van der Waals surface area contributed by atoms with Crippen molar-refractivity contribution >= 4 is 21.9 Å². The first-order chi connectivity index (χ1) is 10.8. The zero-order valence-corrected chi connectivity index (χ0v) is 13.4. The van der Waals surface area contributed by atoms with Crippen molar-refractivity contribution in [1.82, 2.24) is 9.62 Å². The molecule has 1 heterocycles. The Kier molecular flexibility index (Phi) is 5.34. The molecule has 0 spiro atoms. The van der Waals surface area contributed by atoms with E-state index in [1.165, 1.54) is 29.2 Å². The summed E-state index contributed by atoms with van der Waals surface area (Å²) in [5.41, 5.74) is 0.298. The number of carbonyl (C=O) groups is 2. The quantitative estimate of drug-likeness (QED) is 0.773. The van der Waals surface area contributed by atoms with Crippen LogP contribution in [0.25, 0.3) is 0 Å². The average Bonchev–Trinajstić information content (AvgIpc) is 2.54. The van der Waals surface area contributed by atoms with Gasteiger partial charge in [-0.2, -0.15) is 0 Å². The van der Waals surface area contributed by atoms with E-state index in [9.17, 15) is 18.0 Å². The number of carbonyl (C=O) groups excluding carboxylic acids is 1. The van der Waals surface area contributed by atoms with Gasteiger partial charge in [0, 0.05) is 18.7 Å². The van der Waals surface area contributed by atoms with E-state index in [1.807, 2.05) is 0 Å². The van der Waals surface area contributed by atoms with Crippen LogP contribution in [0.2, 0.25) is 0 Å². The number of ether oxygens (including phenoxy) is 1. The van der Waals surface area contributed by atoms with Gasteiger partial charge >= 0.3 is 5.97 Å². The maximum atomic E-state index is 12.4. The van der Waals surface area contributed by atoms with Gasteiger partial charge in [-0.05, 0) is 24.3 Å². The van der Waals surface area contributed by atoms with Gasteiger partial charge < -0.3 is 14.7 Å². The zero-order chi connectivity index (χ0) is 17.0. The molecule has 23 heavy (non-hydrogen) atoms. The second-order valence-electron chi connectivity index (χ2n) is 4.97. The van der Waals surface area contributed by atoms with E-state index in [0.29, 0.717) is 12.1 Å². The summed E-state index contributed by atoms with van der Waals surface area (Å²) >= 11 is 0. The van der Waals surface area contributed by atoms with E-state index in [1.54, 1.807) is 6.92 Å². The first kappa shape index (κ1) is 17.4. The van der Waals surface area contributed by atoms with E-state index in [-0.39, 0.29) is 30.5 Å². The Balaban J connectivity index is 2.13. The Bertz CT molecular complexity index is 686. The van der Waals surface area contributed by atoms with Crippen LogP contribution in [-0.4, -0.2) is 62.6 Å². The third-order valence-corrected chi connectivity index (χ3v) is 4.94. The molecule has 2 N–H and O–H groups in total. The number of carboxylic acid groups (broad SMARTS) is 1. The van der Waals surface area contributed by atoms with Gasteiger partial charge in [0.1, 0.15) is 0 Å². The molecule has 0 aromatic heterocycles. The number of hydrogen-bond acceptors (Lipinski definition) is 5. The number of aliphatic carboxylic acids is 1. The maximum absolute atomic E-state index is 12.4. The van der Waals surface area contributed by atoms with Crippen molar-refractivity contribution in [1.29, 1.82) is 0 Å². The van der Waals surface area contributed by atoms with Gasteiger partial charge in [0.2, 0.25) is 10.0 Å². The smallest absolute Gasteiger partial charge is 0.334 e. The second-order valence-corrected chi connectivity index (χ2v) is 6.74. The average molecular weight is 342 g/mol. The predicted octanol–water partition coefficient (Wildman–Crippen LogP) is -0.0896. The van der Waals surface area contributed by atoms with Crippen molar-refractivity contribution in [3.8, 4) is 0 Å². The molecule has 9 heteroatoms. The van der Waals surface area contributed by atoms with Gasteiger partial charge in [-0.3, -0.25) is 4.79 Å². The Morgan fingerprint density at radius 2 is 2.00 bits per heavy atom. The lowest BCUT2D eigenvalue weighted by Gasteiger charge is -2.30. The van der Waals surface area contributed by atoms with Crippen molar-refractivity contribution in [2.45, 2.75) is 17.9 Å². The summed E-state index contributed by atoms with van der Waals surface area (Å²) < 4.78 is 31.1. The van der Waals surface area contributed by atoms with E-state index in [0.717, 1.165) is 0 Å². The van der Waals surface area contributed by atoms with Crippen molar-refractivity contribution in [3.05, 3.63) is 29.8 Å². The second kappa shape index (κ2) is 7.07. The number of sulfonamides is 1. The summed E-state index contributed by atoms with van der Waals surface area (Å²) in [5.74, 6) is -1.47. The molecule has 1 aromatic rings. The summed E-state index contributed by atoms with van der Waals surface area (Å²) in [5, 5.41) is 8.95. The number of carboxylic acids is 1. The van der Waals surface area contributed by atoms with Gasteiger partial charge in [0.25, 0.3) is 5.91 Å². The van der Waals surface area contributed by atoms with Crippen molar-refractivity contribution in [2.24, 2.45) is 0 Å². The minimum absolute atomic E-state index is 0.0361. The lowest BCUT2D eigenvalue weighted by molar-refractivity contribution is -0.154. The van der Waals surface area contributed by atoms with Crippen molar-refractivity contribution in [2.75, 3.05) is 26.2 Å². The molecule has 1 atom stereocenters. The van der Waals surface area contributed by atoms with Gasteiger partial charge in [0.15, 0.2) is 6.10 Å². The third-order valence-electron chi connectivity index (χ3n) is 3.38. The third kappa shape index (κ3) is 4.06. The van der Waals surface area contributed by atoms with Crippen LogP contribution in [0.5, 0.6) is 0 Å². The molecule has 0 aliphatic carbocycles. The predicted molar refractivity (Wildman–Crippen MR) is 80.6 cm³/mol. The first-order valence-electron chi connectivity index (χ1n) is 7.08. The molecule has 1 saturated heterocycles. The maximum Gasteiger partial charge on any atom is 0.334 e. The Labute approximate surface area is 134 Å². The highest BCUT2D eigenvalue weighted by molar-refractivity contribution is 7.89. The highest BCUT2D eigenvalue weighted by atomic mass is 32.2. The van der Waals surface area contributed by atoms with Crippen LogP contribution in [0.1, 0.15) is 17.3 Å². The first-order valence-corrected chi connectivity index (χ1v) is 8.57. The number of morpholine rings is 1. The summed E-state index contributed by atoms with van der Waals surface area (Å²) in [4.78, 5) is 24.8. The highest BCUT2D eigenvalue weighted by Gasteiger charge is 2.29. The van der Waals surface area contributed by atoms with Gasteiger partial charge in [-0.15, -0.1) is 0 Å². The molecule has 1 aromatic carbocycles. The van der Waals surface area contributed by atoms with Crippen LogP contribution in [0.3, 0.4) is 0 Å². The number of rotatable bonds is 5. The zero-order valence-electron chi connectivity index (χ0n) is 12.6. The molecule has 1 aliphatic heterocycles. The Morgan fingerprint density at radius 1 is 1.35 bits per heavy atom. The minimum atomic E-state index is -3.57. The molecular weight excluding hydrogens is 324 g/mol. The van der Waals surface area contributed by atoms with Crippen LogP contribution >= 0.6 is 0 Å². The van der Waals surface area contributed by atoms with Gasteiger partial charge in [-0.25, -0.2) is 17.9 Å². The van der Waals surface area contributed by atoms with Crippen LogP contribution in [0, 0.1) is 0 Å². The standard InChI is InChI=1S/C14H18N2O6S/c1-2-15-23(20,21)11-5-3-10(4-6-11)13(17)16-7-8-22-12(9-16)14(18)19/h3-6,12,15H,2,7-9H2,1H3,(H,18,19). The molecule has 8 nitrogen and oxygen atoms in total. The van der Waals surface area contributed by atoms with E-state index >= 15 is 0 Å². The number of benzene rings is 1. The number of amides is 1. The summed E-state index contributed by atoms with van der Waals surface area (Å²) in [7, 11) is -3.57.